The van der Waals surface area contributed by atoms with E-state index in [0.717, 1.165) is 12.5 Å². The summed E-state index contributed by atoms with van der Waals surface area (Å²) in [5.41, 5.74) is 0.862. The van der Waals surface area contributed by atoms with E-state index in [1.165, 1.54) is 20.0 Å². The van der Waals surface area contributed by atoms with Crippen molar-refractivity contribution < 1.29 is 14.3 Å². The highest BCUT2D eigenvalue weighted by molar-refractivity contribution is 6.04. The number of benzene rings is 1. The second-order valence-electron chi connectivity index (χ2n) is 5.11. The van der Waals surface area contributed by atoms with Crippen LogP contribution < -0.4 is 20.7 Å². The molecule has 1 saturated carbocycles. The Morgan fingerprint density at radius 2 is 2.10 bits per heavy atom. The SMILES string of the molecule is CNC(=O)c1cc(OC)ccc1NC(=O)CNCC1CC1. The fraction of sp³-hybridized carbons (Fsp3) is 0.467. The molecule has 0 bridgehead atoms. The molecule has 1 aromatic carbocycles. The van der Waals surface area contributed by atoms with Crippen molar-refractivity contribution in [3.05, 3.63) is 23.8 Å². The van der Waals surface area contributed by atoms with E-state index in [4.69, 9.17) is 4.74 Å². The second kappa shape index (κ2) is 7.08. The Labute approximate surface area is 124 Å². The Kier molecular flexibility index (Phi) is 5.16. The van der Waals surface area contributed by atoms with Gasteiger partial charge in [-0.1, -0.05) is 0 Å². The predicted octanol–water partition coefficient (Wildman–Crippen LogP) is 0.993. The molecule has 1 aromatic rings. The molecule has 3 N–H and O–H groups in total. The molecule has 0 saturated heterocycles. The third kappa shape index (κ3) is 4.46. The number of ether oxygens (including phenoxy) is 1. The number of carbonyl (C=O) groups is 2. The third-order valence-electron chi connectivity index (χ3n) is 3.39. The molecule has 21 heavy (non-hydrogen) atoms. The van der Waals surface area contributed by atoms with Gasteiger partial charge in [0.25, 0.3) is 5.91 Å². The molecule has 1 aliphatic rings. The lowest BCUT2D eigenvalue weighted by atomic mass is 10.1. The average molecular weight is 291 g/mol. The van der Waals surface area contributed by atoms with Crippen molar-refractivity contribution in [1.82, 2.24) is 10.6 Å². The van der Waals surface area contributed by atoms with Gasteiger partial charge in [0.05, 0.1) is 24.9 Å². The lowest BCUT2D eigenvalue weighted by Crippen LogP contribution is -2.30. The zero-order valence-electron chi connectivity index (χ0n) is 12.4. The van der Waals surface area contributed by atoms with Gasteiger partial charge in [-0.25, -0.2) is 0 Å². The Morgan fingerprint density at radius 3 is 2.71 bits per heavy atom. The fourth-order valence-corrected chi connectivity index (χ4v) is 1.99. The largest absolute Gasteiger partial charge is 0.497 e. The molecule has 114 valence electrons. The molecule has 1 aliphatic carbocycles. The number of nitrogens with one attached hydrogen (secondary N) is 3. The van der Waals surface area contributed by atoms with Crippen molar-refractivity contribution in [2.24, 2.45) is 5.92 Å². The summed E-state index contributed by atoms with van der Waals surface area (Å²) in [6, 6.07) is 4.98. The van der Waals surface area contributed by atoms with Crippen molar-refractivity contribution in [3.8, 4) is 5.75 Å². The number of amides is 2. The van der Waals surface area contributed by atoms with Crippen LogP contribution in [0.4, 0.5) is 5.69 Å². The van der Waals surface area contributed by atoms with Gasteiger partial charge < -0.3 is 20.7 Å². The molecule has 2 amide bonds. The first-order valence-electron chi connectivity index (χ1n) is 7.04. The van der Waals surface area contributed by atoms with E-state index >= 15 is 0 Å². The van der Waals surface area contributed by atoms with Crippen molar-refractivity contribution in [1.29, 1.82) is 0 Å². The molecule has 0 unspecified atom stereocenters. The Bertz CT molecular complexity index is 527. The molecule has 0 atom stereocenters. The highest BCUT2D eigenvalue weighted by Gasteiger charge is 2.20. The standard InChI is InChI=1S/C15H21N3O3/c1-16-15(20)12-7-11(21-2)5-6-13(12)18-14(19)9-17-8-10-3-4-10/h5-7,10,17H,3-4,8-9H2,1-2H3,(H,16,20)(H,18,19). The summed E-state index contributed by atoms with van der Waals surface area (Å²) < 4.78 is 5.10. The minimum atomic E-state index is -0.268. The molecule has 6 nitrogen and oxygen atoms in total. The lowest BCUT2D eigenvalue weighted by Gasteiger charge is -2.12. The Balaban J connectivity index is 1.99. The van der Waals surface area contributed by atoms with Crippen LogP contribution in [-0.2, 0) is 4.79 Å². The first-order chi connectivity index (χ1) is 10.1. The second-order valence-corrected chi connectivity index (χ2v) is 5.11. The summed E-state index contributed by atoms with van der Waals surface area (Å²) in [6.07, 6.45) is 2.49. The number of hydrogen-bond donors (Lipinski definition) is 3. The third-order valence-corrected chi connectivity index (χ3v) is 3.39. The van der Waals surface area contributed by atoms with Gasteiger partial charge in [0, 0.05) is 7.05 Å². The summed E-state index contributed by atoms with van der Waals surface area (Å²) in [5.74, 6) is 0.861. The molecule has 2 rings (SSSR count). The van der Waals surface area contributed by atoms with Gasteiger partial charge in [0.15, 0.2) is 0 Å². The van der Waals surface area contributed by atoms with Gasteiger partial charge in [0.1, 0.15) is 5.75 Å². The number of anilines is 1. The first kappa shape index (κ1) is 15.3. The van der Waals surface area contributed by atoms with Crippen LogP contribution in [0.15, 0.2) is 18.2 Å². The highest BCUT2D eigenvalue weighted by Crippen LogP contribution is 2.27. The van der Waals surface area contributed by atoms with Gasteiger partial charge in [-0.15, -0.1) is 0 Å². The molecule has 0 radical (unpaired) electrons. The van der Waals surface area contributed by atoms with Crippen molar-refractivity contribution in [2.75, 3.05) is 32.6 Å². The number of rotatable bonds is 7. The van der Waals surface area contributed by atoms with Crippen LogP contribution in [0.3, 0.4) is 0 Å². The maximum atomic E-state index is 11.9. The van der Waals surface area contributed by atoms with E-state index in [1.807, 2.05) is 0 Å². The van der Waals surface area contributed by atoms with E-state index < -0.39 is 0 Å². The number of hydrogen-bond acceptors (Lipinski definition) is 4. The van der Waals surface area contributed by atoms with Gasteiger partial charge in [-0.3, -0.25) is 9.59 Å². The van der Waals surface area contributed by atoms with E-state index in [2.05, 4.69) is 16.0 Å². The van der Waals surface area contributed by atoms with Crippen LogP contribution in [0.5, 0.6) is 5.75 Å². The Hall–Kier alpha value is -2.08. The van der Waals surface area contributed by atoms with Crippen LogP contribution in [0, 0.1) is 5.92 Å². The van der Waals surface area contributed by atoms with Crippen molar-refractivity contribution in [2.45, 2.75) is 12.8 Å². The van der Waals surface area contributed by atoms with Crippen LogP contribution in [-0.4, -0.2) is 39.1 Å². The smallest absolute Gasteiger partial charge is 0.253 e. The normalized spacial score (nSPS) is 13.6. The minimum absolute atomic E-state index is 0.161. The van der Waals surface area contributed by atoms with Gasteiger partial charge in [-0.05, 0) is 43.5 Å². The Morgan fingerprint density at radius 1 is 1.33 bits per heavy atom. The number of carbonyl (C=O) groups excluding carboxylic acids is 2. The van der Waals surface area contributed by atoms with Gasteiger partial charge >= 0.3 is 0 Å². The maximum Gasteiger partial charge on any atom is 0.253 e. The highest BCUT2D eigenvalue weighted by atomic mass is 16.5. The summed E-state index contributed by atoms with van der Waals surface area (Å²) in [5, 5.41) is 8.42. The van der Waals surface area contributed by atoms with Gasteiger partial charge in [0.2, 0.25) is 5.91 Å². The maximum absolute atomic E-state index is 11.9. The summed E-state index contributed by atoms with van der Waals surface area (Å²) in [6.45, 7) is 1.12. The minimum Gasteiger partial charge on any atom is -0.497 e. The molecule has 0 aliphatic heterocycles. The van der Waals surface area contributed by atoms with Crippen molar-refractivity contribution >= 4 is 17.5 Å². The summed E-state index contributed by atoms with van der Waals surface area (Å²) in [7, 11) is 3.08. The summed E-state index contributed by atoms with van der Waals surface area (Å²) in [4.78, 5) is 23.8. The van der Waals surface area contributed by atoms with Gasteiger partial charge in [-0.2, -0.15) is 0 Å². The summed E-state index contributed by atoms with van der Waals surface area (Å²) >= 11 is 0. The van der Waals surface area contributed by atoms with E-state index in [-0.39, 0.29) is 18.4 Å². The average Bonchev–Trinajstić information content (AvgIpc) is 3.31. The topological polar surface area (TPSA) is 79.5 Å². The zero-order valence-corrected chi connectivity index (χ0v) is 12.4. The lowest BCUT2D eigenvalue weighted by molar-refractivity contribution is -0.115. The molecule has 0 aromatic heterocycles. The molecular weight excluding hydrogens is 270 g/mol. The van der Waals surface area contributed by atoms with Crippen LogP contribution in [0.2, 0.25) is 0 Å². The molecule has 0 heterocycles. The van der Waals surface area contributed by atoms with Crippen LogP contribution in [0.25, 0.3) is 0 Å². The number of methoxy groups -OCH3 is 1. The van der Waals surface area contributed by atoms with Crippen molar-refractivity contribution in [3.63, 3.8) is 0 Å². The van der Waals surface area contributed by atoms with E-state index in [1.54, 1.807) is 25.2 Å². The van der Waals surface area contributed by atoms with Crippen LogP contribution in [0.1, 0.15) is 23.2 Å². The molecule has 0 spiro atoms. The van der Waals surface area contributed by atoms with E-state index in [9.17, 15) is 9.59 Å². The van der Waals surface area contributed by atoms with E-state index in [0.29, 0.717) is 17.0 Å². The molecule has 6 heteroatoms. The fourth-order valence-electron chi connectivity index (χ4n) is 1.99. The molecule has 1 fully saturated rings. The predicted molar refractivity (Wildman–Crippen MR) is 80.6 cm³/mol. The van der Waals surface area contributed by atoms with Crippen LogP contribution >= 0.6 is 0 Å². The quantitative estimate of drug-likeness (QED) is 0.700. The first-order valence-corrected chi connectivity index (χ1v) is 7.04. The zero-order chi connectivity index (χ0) is 15.2. The molecular formula is C15H21N3O3. The monoisotopic (exact) mass is 291 g/mol.